The van der Waals surface area contributed by atoms with E-state index in [1.54, 1.807) is 35.0 Å². The number of imidazole rings is 1. The molecule has 0 aliphatic heterocycles. The molecule has 0 radical (unpaired) electrons. The Bertz CT molecular complexity index is 880. The van der Waals surface area contributed by atoms with Gasteiger partial charge >= 0.3 is 11.7 Å². The van der Waals surface area contributed by atoms with Crippen molar-refractivity contribution in [1.29, 1.82) is 0 Å². The molecule has 3 heterocycles. The smallest absolute Gasteiger partial charge is 0.327 e. The molecule has 3 aromatic heterocycles. The minimum Gasteiger partial charge on any atom is -0.327 e. The van der Waals surface area contributed by atoms with Gasteiger partial charge in [-0.3, -0.25) is 0 Å². The first-order chi connectivity index (χ1) is 11.2. The lowest BCUT2D eigenvalue weighted by atomic mass is 10.2. The predicted octanol–water partition coefficient (Wildman–Crippen LogP) is 4.50. The molecule has 0 saturated carbocycles. The molecule has 0 aromatic carbocycles. The van der Waals surface area contributed by atoms with Crippen molar-refractivity contribution in [2.75, 3.05) is 0 Å². The zero-order valence-electron chi connectivity index (χ0n) is 11.5. The molecule has 0 atom stereocenters. The predicted molar refractivity (Wildman–Crippen MR) is 83.4 cm³/mol. The number of thiophene rings is 2. The molecule has 24 heavy (non-hydrogen) atoms. The number of nitrogens with zero attached hydrogens (tertiary/aromatic N) is 1. The van der Waals surface area contributed by atoms with Crippen molar-refractivity contribution in [1.82, 2.24) is 9.97 Å². The van der Waals surface area contributed by atoms with Crippen LogP contribution in [0.1, 0.15) is 0 Å². The number of nitrogens with one attached hydrogen (secondary N) is 1. The van der Waals surface area contributed by atoms with E-state index in [0.29, 0.717) is 9.75 Å². The van der Waals surface area contributed by atoms with Crippen molar-refractivity contribution < 1.29 is 26.0 Å². The van der Waals surface area contributed by atoms with Crippen LogP contribution in [0.25, 0.3) is 21.1 Å². The number of halogens is 4. The van der Waals surface area contributed by atoms with Crippen LogP contribution in [-0.2, 0) is 9.84 Å². The first kappa shape index (κ1) is 17.1. The molecule has 4 nitrogen and oxygen atoms in total. The second-order valence-corrected chi connectivity index (χ2v) is 8.42. The van der Waals surface area contributed by atoms with Crippen molar-refractivity contribution in [3.05, 3.63) is 35.0 Å². The standard InChI is InChI=1S/C13H8F4N2O2S3/c14-11(15)13(16,17)24(20,21)12-18-9(7-3-1-5-22-7)10(19-12)8-4-2-6-23-8/h1-6,11H,(H,18,19). The fourth-order valence-electron chi connectivity index (χ4n) is 1.92. The van der Waals surface area contributed by atoms with Crippen LogP contribution < -0.4 is 0 Å². The molecule has 1 N–H and O–H groups in total. The number of sulfone groups is 1. The second-order valence-electron chi connectivity index (χ2n) is 4.59. The van der Waals surface area contributed by atoms with Crippen molar-refractivity contribution in [2.45, 2.75) is 16.8 Å². The second kappa shape index (κ2) is 5.97. The topological polar surface area (TPSA) is 62.8 Å². The molecule has 0 bridgehead atoms. The summed E-state index contributed by atoms with van der Waals surface area (Å²) < 4.78 is 75.6. The van der Waals surface area contributed by atoms with E-state index in [0.717, 1.165) is 0 Å². The Labute approximate surface area is 141 Å². The van der Waals surface area contributed by atoms with E-state index in [9.17, 15) is 26.0 Å². The normalized spacial score (nSPS) is 12.9. The summed E-state index contributed by atoms with van der Waals surface area (Å²) in [6.45, 7) is 0. The van der Waals surface area contributed by atoms with Crippen LogP contribution in [0, 0.1) is 0 Å². The molecule has 0 unspecified atom stereocenters. The number of hydrogen-bond acceptors (Lipinski definition) is 5. The lowest BCUT2D eigenvalue weighted by Gasteiger charge is -2.13. The van der Waals surface area contributed by atoms with E-state index < -0.39 is 26.7 Å². The zero-order chi connectivity index (χ0) is 17.5. The summed E-state index contributed by atoms with van der Waals surface area (Å²) in [5, 5.41) is -3.01. The van der Waals surface area contributed by atoms with Crippen LogP contribution in [0.5, 0.6) is 0 Å². The van der Waals surface area contributed by atoms with Crippen LogP contribution in [0.15, 0.2) is 40.2 Å². The van der Waals surface area contributed by atoms with E-state index in [4.69, 9.17) is 0 Å². The molecule has 0 aliphatic rings. The maximum atomic E-state index is 13.4. The number of H-pyrrole nitrogens is 1. The first-order valence-electron chi connectivity index (χ1n) is 6.33. The van der Waals surface area contributed by atoms with Gasteiger partial charge in [-0.05, 0) is 22.9 Å². The summed E-state index contributed by atoms with van der Waals surface area (Å²) in [4.78, 5) is 7.04. The van der Waals surface area contributed by atoms with Crippen LogP contribution in [0.2, 0.25) is 0 Å². The van der Waals surface area contributed by atoms with Crippen LogP contribution in [0.3, 0.4) is 0 Å². The number of rotatable bonds is 5. The van der Waals surface area contributed by atoms with Gasteiger partial charge in [-0.2, -0.15) is 8.78 Å². The van der Waals surface area contributed by atoms with E-state index in [-0.39, 0.29) is 11.4 Å². The van der Waals surface area contributed by atoms with Gasteiger partial charge in [-0.25, -0.2) is 22.2 Å². The number of hydrogen-bond donors (Lipinski definition) is 1. The fourth-order valence-corrected chi connectivity index (χ4v) is 4.30. The van der Waals surface area contributed by atoms with Gasteiger partial charge in [-0.15, -0.1) is 22.7 Å². The lowest BCUT2D eigenvalue weighted by molar-refractivity contribution is -0.0639. The van der Waals surface area contributed by atoms with Crippen LogP contribution in [0.4, 0.5) is 17.6 Å². The molecule has 0 saturated heterocycles. The molecule has 3 rings (SSSR count). The maximum Gasteiger partial charge on any atom is 0.411 e. The third kappa shape index (κ3) is 2.66. The molecule has 0 aliphatic carbocycles. The minimum absolute atomic E-state index is 0.121. The van der Waals surface area contributed by atoms with Crippen LogP contribution >= 0.6 is 22.7 Å². The van der Waals surface area contributed by atoms with Gasteiger partial charge in [0.25, 0.3) is 9.84 Å². The van der Waals surface area contributed by atoms with E-state index in [2.05, 4.69) is 9.97 Å². The van der Waals surface area contributed by atoms with Gasteiger partial charge < -0.3 is 4.98 Å². The van der Waals surface area contributed by atoms with Crippen molar-refractivity contribution in [2.24, 2.45) is 0 Å². The molecule has 128 valence electrons. The molecular formula is C13H8F4N2O2S3. The monoisotopic (exact) mass is 396 g/mol. The van der Waals surface area contributed by atoms with E-state index in [1.165, 1.54) is 22.7 Å². The summed E-state index contributed by atoms with van der Waals surface area (Å²) in [5.74, 6) is 0. The van der Waals surface area contributed by atoms with Gasteiger partial charge in [0.2, 0.25) is 5.16 Å². The first-order valence-corrected chi connectivity index (χ1v) is 9.57. The Kier molecular flexibility index (Phi) is 4.26. The summed E-state index contributed by atoms with van der Waals surface area (Å²) in [6, 6.07) is 6.62. The average Bonchev–Trinajstić information content (AvgIpc) is 3.26. The third-order valence-electron chi connectivity index (χ3n) is 3.07. The summed E-state index contributed by atoms with van der Waals surface area (Å²) in [6.07, 6.45) is -4.36. The van der Waals surface area contributed by atoms with Gasteiger partial charge in [-0.1, -0.05) is 12.1 Å². The lowest BCUT2D eigenvalue weighted by Crippen LogP contribution is -2.37. The quantitative estimate of drug-likeness (QED) is 0.646. The Balaban J connectivity index is 2.20. The van der Waals surface area contributed by atoms with E-state index >= 15 is 0 Å². The highest BCUT2D eigenvalue weighted by molar-refractivity contribution is 7.92. The van der Waals surface area contributed by atoms with Gasteiger partial charge in [0.05, 0.1) is 15.4 Å². The highest BCUT2D eigenvalue weighted by Crippen LogP contribution is 2.39. The highest BCUT2D eigenvalue weighted by Gasteiger charge is 2.56. The summed E-state index contributed by atoms with van der Waals surface area (Å²) in [5.41, 5.74) is 0.312. The van der Waals surface area contributed by atoms with Crippen molar-refractivity contribution >= 4 is 32.5 Å². The van der Waals surface area contributed by atoms with Crippen molar-refractivity contribution in [3.63, 3.8) is 0 Å². The van der Waals surface area contributed by atoms with Crippen LogP contribution in [-0.4, -0.2) is 30.1 Å². The summed E-state index contributed by atoms with van der Waals surface area (Å²) >= 11 is 2.44. The number of aromatic amines is 1. The Hall–Kier alpha value is -1.72. The third-order valence-corrected chi connectivity index (χ3v) is 6.43. The average molecular weight is 396 g/mol. The Morgan fingerprint density at radius 2 is 1.67 bits per heavy atom. The van der Waals surface area contributed by atoms with Gasteiger partial charge in [0.1, 0.15) is 5.69 Å². The number of alkyl halides is 4. The van der Waals surface area contributed by atoms with Gasteiger partial charge in [0.15, 0.2) is 0 Å². The molecule has 3 aromatic rings. The van der Waals surface area contributed by atoms with Crippen molar-refractivity contribution in [3.8, 4) is 21.1 Å². The molecule has 0 fully saturated rings. The highest BCUT2D eigenvalue weighted by atomic mass is 32.2. The Morgan fingerprint density at radius 1 is 1.08 bits per heavy atom. The van der Waals surface area contributed by atoms with Gasteiger partial charge in [0, 0.05) is 0 Å². The largest absolute Gasteiger partial charge is 0.411 e. The molecule has 0 spiro atoms. The zero-order valence-corrected chi connectivity index (χ0v) is 14.0. The summed E-state index contributed by atoms with van der Waals surface area (Å²) in [7, 11) is -5.66. The maximum absolute atomic E-state index is 13.4. The van der Waals surface area contributed by atoms with E-state index in [1.807, 2.05) is 0 Å². The molecule has 11 heteroatoms. The molecular weight excluding hydrogens is 388 g/mol. The SMILES string of the molecule is O=S(=O)(c1nc(-c2cccs2)c(-c2cccs2)[nH]1)C(F)(F)C(F)F. The Morgan fingerprint density at radius 3 is 2.17 bits per heavy atom. The number of aromatic nitrogens is 2. The fraction of sp³-hybridized carbons (Fsp3) is 0.154. The minimum atomic E-state index is -5.66. The molecule has 0 amide bonds.